The number of hydrogen-bond acceptors (Lipinski definition) is 6. The van der Waals surface area contributed by atoms with Gasteiger partial charge in [0, 0.05) is 40.6 Å². The SMILES string of the molecule is O=C(Nc1nc(-c2cccnc2)cs1)c1ccccc1SCC1CCCO1. The summed E-state index contributed by atoms with van der Waals surface area (Å²) in [5.41, 5.74) is 2.41. The number of amides is 1. The lowest BCUT2D eigenvalue weighted by molar-refractivity contribution is 0.102. The number of ether oxygens (including phenoxy) is 1. The molecule has 27 heavy (non-hydrogen) atoms. The molecule has 1 atom stereocenters. The van der Waals surface area contributed by atoms with Crippen LogP contribution < -0.4 is 5.32 Å². The van der Waals surface area contributed by atoms with Gasteiger partial charge in [0.2, 0.25) is 0 Å². The van der Waals surface area contributed by atoms with Gasteiger partial charge in [-0.25, -0.2) is 4.98 Å². The molecule has 1 unspecified atom stereocenters. The Morgan fingerprint density at radius 1 is 1.30 bits per heavy atom. The summed E-state index contributed by atoms with van der Waals surface area (Å²) in [6.07, 6.45) is 5.99. The third-order valence-corrected chi connectivity index (χ3v) is 6.23. The Balaban J connectivity index is 1.44. The normalized spacial score (nSPS) is 16.4. The van der Waals surface area contributed by atoms with Crippen LogP contribution >= 0.6 is 23.1 Å². The van der Waals surface area contributed by atoms with E-state index >= 15 is 0 Å². The number of aromatic nitrogens is 2. The number of anilines is 1. The average molecular weight is 398 g/mol. The number of rotatable bonds is 6. The molecule has 2 aromatic heterocycles. The van der Waals surface area contributed by atoms with Crippen molar-refractivity contribution in [1.29, 1.82) is 0 Å². The van der Waals surface area contributed by atoms with E-state index in [9.17, 15) is 4.79 Å². The summed E-state index contributed by atoms with van der Waals surface area (Å²) >= 11 is 3.08. The van der Waals surface area contributed by atoms with Crippen molar-refractivity contribution in [1.82, 2.24) is 9.97 Å². The Kier molecular flexibility index (Phi) is 5.81. The highest BCUT2D eigenvalue weighted by Crippen LogP contribution is 2.28. The Hall–Kier alpha value is -2.22. The van der Waals surface area contributed by atoms with Gasteiger partial charge in [-0.05, 0) is 37.1 Å². The molecule has 5 nitrogen and oxygen atoms in total. The van der Waals surface area contributed by atoms with E-state index in [1.807, 2.05) is 41.8 Å². The van der Waals surface area contributed by atoms with Gasteiger partial charge >= 0.3 is 0 Å². The predicted octanol–water partition coefficient (Wildman–Crippen LogP) is 4.73. The highest BCUT2D eigenvalue weighted by Gasteiger charge is 2.18. The monoisotopic (exact) mass is 397 g/mol. The van der Waals surface area contributed by atoms with Crippen LogP contribution in [0.15, 0.2) is 59.1 Å². The lowest BCUT2D eigenvalue weighted by Crippen LogP contribution is -2.14. The second kappa shape index (κ2) is 8.65. The van der Waals surface area contributed by atoms with Crippen LogP contribution in [0.4, 0.5) is 5.13 Å². The van der Waals surface area contributed by atoms with E-state index in [1.165, 1.54) is 11.3 Å². The summed E-state index contributed by atoms with van der Waals surface area (Å²) in [6, 6.07) is 11.5. The molecule has 1 aliphatic rings. The first-order chi connectivity index (χ1) is 13.3. The first-order valence-corrected chi connectivity index (χ1v) is 10.7. The van der Waals surface area contributed by atoms with Crippen LogP contribution in [0, 0.1) is 0 Å². The zero-order valence-corrected chi connectivity index (χ0v) is 16.3. The molecule has 1 amide bonds. The fourth-order valence-electron chi connectivity index (χ4n) is 2.88. The second-order valence-corrected chi connectivity index (χ2v) is 8.10. The van der Waals surface area contributed by atoms with Crippen molar-refractivity contribution in [3.05, 3.63) is 59.7 Å². The van der Waals surface area contributed by atoms with E-state index in [2.05, 4.69) is 15.3 Å². The minimum Gasteiger partial charge on any atom is -0.377 e. The Morgan fingerprint density at radius 3 is 3.04 bits per heavy atom. The summed E-state index contributed by atoms with van der Waals surface area (Å²) in [6.45, 7) is 0.844. The van der Waals surface area contributed by atoms with Crippen LogP contribution in [0.25, 0.3) is 11.3 Å². The van der Waals surface area contributed by atoms with Crippen molar-refractivity contribution >= 4 is 34.1 Å². The van der Waals surface area contributed by atoms with Crippen molar-refractivity contribution < 1.29 is 9.53 Å². The smallest absolute Gasteiger partial charge is 0.258 e. The van der Waals surface area contributed by atoms with E-state index in [0.717, 1.165) is 41.4 Å². The van der Waals surface area contributed by atoms with Gasteiger partial charge in [0.1, 0.15) is 0 Å². The van der Waals surface area contributed by atoms with Crippen molar-refractivity contribution in [3.63, 3.8) is 0 Å². The lowest BCUT2D eigenvalue weighted by atomic mass is 10.2. The van der Waals surface area contributed by atoms with Crippen molar-refractivity contribution in [2.45, 2.75) is 23.8 Å². The number of hydrogen-bond donors (Lipinski definition) is 1. The summed E-state index contributed by atoms with van der Waals surface area (Å²) < 4.78 is 5.68. The fourth-order valence-corrected chi connectivity index (χ4v) is 4.72. The average Bonchev–Trinajstić information content (AvgIpc) is 3.39. The highest BCUT2D eigenvalue weighted by molar-refractivity contribution is 7.99. The minimum atomic E-state index is -0.141. The first-order valence-electron chi connectivity index (χ1n) is 8.80. The second-order valence-electron chi connectivity index (χ2n) is 6.18. The van der Waals surface area contributed by atoms with Crippen LogP contribution in [0.3, 0.4) is 0 Å². The van der Waals surface area contributed by atoms with Gasteiger partial charge < -0.3 is 4.74 Å². The van der Waals surface area contributed by atoms with Crippen molar-refractivity contribution in [3.8, 4) is 11.3 Å². The molecule has 1 aliphatic heterocycles. The van der Waals surface area contributed by atoms with E-state index in [4.69, 9.17) is 4.74 Å². The Labute approximate surface area is 166 Å². The highest BCUT2D eigenvalue weighted by atomic mass is 32.2. The molecule has 0 spiro atoms. The van der Waals surface area contributed by atoms with Gasteiger partial charge in [-0.1, -0.05) is 12.1 Å². The van der Waals surface area contributed by atoms with Gasteiger partial charge in [0.25, 0.3) is 5.91 Å². The minimum absolute atomic E-state index is 0.141. The van der Waals surface area contributed by atoms with Gasteiger partial charge in [-0.15, -0.1) is 23.1 Å². The summed E-state index contributed by atoms with van der Waals surface area (Å²) in [5.74, 6) is 0.727. The number of carbonyl (C=O) groups is 1. The summed E-state index contributed by atoms with van der Waals surface area (Å²) in [4.78, 5) is 22.4. The molecular formula is C20H19N3O2S2. The first kappa shape index (κ1) is 18.2. The standard InChI is InChI=1S/C20H19N3O2S2/c24-19(23-20-22-17(13-27-20)14-5-3-9-21-11-14)16-7-1-2-8-18(16)26-12-15-6-4-10-25-15/h1-3,5,7-9,11,13,15H,4,6,10,12H2,(H,22,23,24). The van der Waals surface area contributed by atoms with Crippen molar-refractivity contribution in [2.75, 3.05) is 17.7 Å². The van der Waals surface area contributed by atoms with Crippen LogP contribution in [0.2, 0.25) is 0 Å². The van der Waals surface area contributed by atoms with Crippen LogP contribution in [-0.2, 0) is 4.74 Å². The topological polar surface area (TPSA) is 64.1 Å². The van der Waals surface area contributed by atoms with Gasteiger partial charge in [-0.2, -0.15) is 0 Å². The van der Waals surface area contributed by atoms with Crippen molar-refractivity contribution in [2.24, 2.45) is 0 Å². The molecule has 7 heteroatoms. The molecule has 1 saturated heterocycles. The molecule has 1 fully saturated rings. The Morgan fingerprint density at radius 2 is 2.22 bits per heavy atom. The third kappa shape index (κ3) is 4.55. The molecule has 4 rings (SSSR count). The van der Waals surface area contributed by atoms with Gasteiger partial charge in [0.15, 0.2) is 5.13 Å². The molecule has 0 aliphatic carbocycles. The number of thioether (sulfide) groups is 1. The number of carbonyl (C=O) groups excluding carboxylic acids is 1. The van der Waals surface area contributed by atoms with E-state index in [0.29, 0.717) is 10.7 Å². The summed E-state index contributed by atoms with van der Waals surface area (Å²) in [5, 5.41) is 5.42. The van der Waals surface area contributed by atoms with Gasteiger partial charge in [-0.3, -0.25) is 15.1 Å². The van der Waals surface area contributed by atoms with Crippen LogP contribution in [-0.4, -0.2) is 34.3 Å². The van der Waals surface area contributed by atoms with Gasteiger partial charge in [0.05, 0.1) is 17.4 Å². The zero-order valence-electron chi connectivity index (χ0n) is 14.6. The summed E-state index contributed by atoms with van der Waals surface area (Å²) in [7, 11) is 0. The maximum absolute atomic E-state index is 12.8. The Bertz CT molecular complexity index is 908. The lowest BCUT2D eigenvalue weighted by Gasteiger charge is -2.11. The molecule has 138 valence electrons. The predicted molar refractivity (Wildman–Crippen MR) is 109 cm³/mol. The fraction of sp³-hybridized carbons (Fsp3) is 0.250. The zero-order chi connectivity index (χ0) is 18.5. The maximum Gasteiger partial charge on any atom is 0.258 e. The van der Waals surface area contributed by atoms with Crippen LogP contribution in [0.5, 0.6) is 0 Å². The number of thiazole rings is 1. The molecule has 0 bridgehead atoms. The molecule has 0 saturated carbocycles. The van der Waals surface area contributed by atoms with E-state index in [-0.39, 0.29) is 12.0 Å². The molecule has 3 heterocycles. The maximum atomic E-state index is 12.8. The quantitative estimate of drug-likeness (QED) is 0.609. The van der Waals surface area contributed by atoms with Crippen LogP contribution in [0.1, 0.15) is 23.2 Å². The van der Waals surface area contributed by atoms with E-state index < -0.39 is 0 Å². The molecule has 0 radical (unpaired) electrons. The molecule has 3 aromatic rings. The number of nitrogens with zero attached hydrogens (tertiary/aromatic N) is 2. The molecular weight excluding hydrogens is 378 g/mol. The number of pyridine rings is 1. The largest absolute Gasteiger partial charge is 0.377 e. The number of benzene rings is 1. The molecule has 1 N–H and O–H groups in total. The van der Waals surface area contributed by atoms with E-state index in [1.54, 1.807) is 24.2 Å². The molecule has 1 aromatic carbocycles. The third-order valence-electron chi connectivity index (χ3n) is 4.26. The number of nitrogens with one attached hydrogen (secondary N) is 1.